The molecule has 27 heavy (non-hydrogen) atoms. The normalized spacial score (nSPS) is 11.4. The average Bonchev–Trinajstić information content (AvgIpc) is 3.04. The zero-order valence-corrected chi connectivity index (χ0v) is 15.5. The molecule has 2 heterocycles. The van der Waals surface area contributed by atoms with Crippen molar-refractivity contribution in [1.29, 1.82) is 0 Å². The highest BCUT2D eigenvalue weighted by molar-refractivity contribution is 6.11. The van der Waals surface area contributed by atoms with E-state index in [1.165, 1.54) is 19.2 Å². The molecule has 3 nitrogen and oxygen atoms in total. The Labute approximate surface area is 157 Å². The lowest BCUT2D eigenvalue weighted by atomic mass is 9.96. The van der Waals surface area contributed by atoms with Crippen LogP contribution in [0.15, 0.2) is 60.8 Å². The summed E-state index contributed by atoms with van der Waals surface area (Å²) in [6, 6.07) is 16.4. The van der Waals surface area contributed by atoms with E-state index in [4.69, 9.17) is 4.74 Å². The fourth-order valence-corrected chi connectivity index (χ4v) is 3.81. The van der Waals surface area contributed by atoms with Crippen LogP contribution in [0.4, 0.5) is 4.39 Å². The number of halogens is 1. The summed E-state index contributed by atoms with van der Waals surface area (Å²) in [5, 5.41) is 2.12. The number of pyridine rings is 1. The highest BCUT2D eigenvalue weighted by Crippen LogP contribution is 2.40. The number of hydrogen-bond donors (Lipinski definition) is 0. The van der Waals surface area contributed by atoms with E-state index in [1.54, 1.807) is 12.1 Å². The average molecular weight is 361 g/mol. The summed E-state index contributed by atoms with van der Waals surface area (Å²) in [6.45, 7) is 4.11. The molecule has 0 unspecified atom stereocenters. The van der Waals surface area contributed by atoms with Crippen LogP contribution in [0.3, 0.4) is 0 Å². The van der Waals surface area contributed by atoms with Gasteiger partial charge in [0.15, 0.2) is 0 Å². The van der Waals surface area contributed by atoms with Gasteiger partial charge in [-0.3, -0.25) is 0 Å². The fraction of sp³-hybridized carbons (Fsp3) is 0.174. The van der Waals surface area contributed by atoms with Crippen LogP contribution in [0.25, 0.3) is 27.4 Å². The first-order valence-electron chi connectivity index (χ1n) is 8.92. The molecule has 0 aliphatic carbocycles. The predicted molar refractivity (Wildman–Crippen MR) is 106 cm³/mol. The van der Waals surface area contributed by atoms with Gasteiger partial charge in [0.2, 0.25) is 0 Å². The SMILES string of the molecule is COC(=O)c1c(-c2ccc(F)cc2)c2c3ccccc3ccn2c1C(C)C. The monoisotopic (exact) mass is 361 g/mol. The first-order chi connectivity index (χ1) is 13.0. The third-order valence-electron chi connectivity index (χ3n) is 4.93. The Bertz CT molecular complexity index is 1160. The molecule has 0 N–H and O–H groups in total. The maximum Gasteiger partial charge on any atom is 0.340 e. The third-order valence-corrected chi connectivity index (χ3v) is 4.93. The van der Waals surface area contributed by atoms with E-state index in [0.717, 1.165) is 33.1 Å². The van der Waals surface area contributed by atoms with E-state index in [2.05, 4.69) is 18.2 Å². The number of ether oxygens (including phenoxy) is 1. The minimum atomic E-state index is -0.384. The van der Waals surface area contributed by atoms with Crippen LogP contribution in [0.2, 0.25) is 0 Å². The van der Waals surface area contributed by atoms with E-state index in [1.807, 2.05) is 36.5 Å². The van der Waals surface area contributed by atoms with Crippen molar-refractivity contribution in [2.45, 2.75) is 19.8 Å². The van der Waals surface area contributed by atoms with Gasteiger partial charge in [-0.1, -0.05) is 50.2 Å². The zero-order chi connectivity index (χ0) is 19.1. The molecule has 2 aromatic heterocycles. The fourth-order valence-electron chi connectivity index (χ4n) is 3.81. The smallest absolute Gasteiger partial charge is 0.340 e. The molecular weight excluding hydrogens is 341 g/mol. The van der Waals surface area contributed by atoms with Gasteiger partial charge in [-0.2, -0.15) is 0 Å². The van der Waals surface area contributed by atoms with Crippen molar-refractivity contribution < 1.29 is 13.9 Å². The maximum absolute atomic E-state index is 13.5. The summed E-state index contributed by atoms with van der Waals surface area (Å²) >= 11 is 0. The number of methoxy groups -OCH3 is 1. The first-order valence-corrected chi connectivity index (χ1v) is 8.92. The molecule has 2 aromatic carbocycles. The molecule has 4 rings (SSSR count). The third kappa shape index (κ3) is 2.69. The number of aromatic nitrogens is 1. The van der Waals surface area contributed by atoms with Crippen LogP contribution in [0.5, 0.6) is 0 Å². The van der Waals surface area contributed by atoms with Crippen molar-refractivity contribution in [1.82, 2.24) is 4.40 Å². The Balaban J connectivity index is 2.25. The number of benzene rings is 2. The Morgan fingerprint density at radius 1 is 1.04 bits per heavy atom. The van der Waals surface area contributed by atoms with Gasteiger partial charge in [0.05, 0.1) is 18.2 Å². The van der Waals surface area contributed by atoms with Crippen molar-refractivity contribution in [3.05, 3.63) is 77.9 Å². The number of hydrogen-bond acceptors (Lipinski definition) is 2. The Morgan fingerprint density at radius 3 is 2.41 bits per heavy atom. The molecule has 0 saturated heterocycles. The highest BCUT2D eigenvalue weighted by Gasteiger charge is 2.28. The van der Waals surface area contributed by atoms with Crippen LogP contribution < -0.4 is 0 Å². The predicted octanol–water partition coefficient (Wildman–Crippen LogP) is 5.81. The second-order valence-corrected chi connectivity index (χ2v) is 6.91. The standard InChI is InChI=1S/C23H20FNO2/c1-14(2)21-20(23(26)27-3)19(16-8-10-17(24)11-9-16)22-18-7-5-4-6-15(18)12-13-25(21)22/h4-14H,1-3H3. The minimum absolute atomic E-state index is 0.0990. The molecule has 4 aromatic rings. The van der Waals surface area contributed by atoms with Gasteiger partial charge in [-0.05, 0) is 35.1 Å². The maximum atomic E-state index is 13.5. The van der Waals surface area contributed by atoms with Gasteiger partial charge in [0.1, 0.15) is 5.82 Å². The van der Waals surface area contributed by atoms with Gasteiger partial charge in [-0.15, -0.1) is 0 Å². The van der Waals surface area contributed by atoms with E-state index >= 15 is 0 Å². The summed E-state index contributed by atoms with van der Waals surface area (Å²) in [5.74, 6) is -0.594. The molecule has 0 atom stereocenters. The minimum Gasteiger partial charge on any atom is -0.465 e. The zero-order valence-electron chi connectivity index (χ0n) is 15.5. The van der Waals surface area contributed by atoms with Gasteiger partial charge < -0.3 is 9.14 Å². The number of esters is 1. The van der Waals surface area contributed by atoms with Crippen LogP contribution in [-0.2, 0) is 4.74 Å². The summed E-state index contributed by atoms with van der Waals surface area (Å²) in [6.07, 6.45) is 1.99. The quantitative estimate of drug-likeness (QED) is 0.431. The highest BCUT2D eigenvalue weighted by atomic mass is 19.1. The van der Waals surface area contributed by atoms with E-state index < -0.39 is 0 Å². The molecule has 0 spiro atoms. The van der Waals surface area contributed by atoms with Crippen LogP contribution >= 0.6 is 0 Å². The van der Waals surface area contributed by atoms with Crippen molar-refractivity contribution in [3.8, 4) is 11.1 Å². The summed E-state index contributed by atoms with van der Waals surface area (Å²) in [5.41, 5.74) is 3.93. The van der Waals surface area contributed by atoms with E-state index in [0.29, 0.717) is 5.56 Å². The van der Waals surface area contributed by atoms with Gasteiger partial charge in [-0.25, -0.2) is 9.18 Å². The van der Waals surface area contributed by atoms with Crippen LogP contribution in [0, 0.1) is 5.82 Å². The molecule has 4 heteroatoms. The second-order valence-electron chi connectivity index (χ2n) is 6.91. The second kappa shape index (κ2) is 6.54. The first kappa shape index (κ1) is 17.3. The molecule has 136 valence electrons. The largest absolute Gasteiger partial charge is 0.465 e. The number of rotatable bonds is 3. The molecule has 0 saturated carbocycles. The number of carbonyl (C=O) groups is 1. The van der Waals surface area contributed by atoms with E-state index in [-0.39, 0.29) is 17.7 Å². The van der Waals surface area contributed by atoms with Gasteiger partial charge in [0.25, 0.3) is 0 Å². The summed E-state index contributed by atoms with van der Waals surface area (Å²) < 4.78 is 20.7. The Morgan fingerprint density at radius 2 is 1.74 bits per heavy atom. The summed E-state index contributed by atoms with van der Waals surface area (Å²) in [7, 11) is 1.39. The topological polar surface area (TPSA) is 30.7 Å². The lowest BCUT2D eigenvalue weighted by Crippen LogP contribution is -2.07. The van der Waals surface area contributed by atoms with Crippen molar-refractivity contribution in [2.75, 3.05) is 7.11 Å². The van der Waals surface area contributed by atoms with Crippen LogP contribution in [0.1, 0.15) is 35.8 Å². The van der Waals surface area contributed by atoms with Crippen molar-refractivity contribution >= 4 is 22.3 Å². The Hall–Kier alpha value is -3.14. The number of nitrogens with zero attached hydrogens (tertiary/aromatic N) is 1. The number of fused-ring (bicyclic) bond motifs is 3. The molecule has 0 amide bonds. The summed E-state index contributed by atoms with van der Waals surface area (Å²) in [4.78, 5) is 12.8. The molecule has 0 aliphatic rings. The van der Waals surface area contributed by atoms with Gasteiger partial charge >= 0.3 is 5.97 Å². The molecule has 0 fully saturated rings. The number of carbonyl (C=O) groups excluding carboxylic acids is 1. The van der Waals surface area contributed by atoms with Crippen LogP contribution in [-0.4, -0.2) is 17.5 Å². The van der Waals surface area contributed by atoms with E-state index in [9.17, 15) is 9.18 Å². The Kier molecular flexibility index (Phi) is 4.19. The van der Waals surface area contributed by atoms with Crippen molar-refractivity contribution in [2.24, 2.45) is 0 Å². The van der Waals surface area contributed by atoms with Gasteiger partial charge in [0, 0.05) is 22.8 Å². The van der Waals surface area contributed by atoms with Crippen molar-refractivity contribution in [3.63, 3.8) is 0 Å². The molecule has 0 aliphatic heterocycles. The molecule has 0 bridgehead atoms. The molecular formula is C23H20FNO2. The molecule has 0 radical (unpaired) electrons. The lowest BCUT2D eigenvalue weighted by molar-refractivity contribution is 0.0600. The lowest BCUT2D eigenvalue weighted by Gasteiger charge is -2.10.